The van der Waals surface area contributed by atoms with Gasteiger partial charge in [-0.15, -0.1) is 0 Å². The smallest absolute Gasteiger partial charge is 0.252 e. The average Bonchev–Trinajstić information content (AvgIpc) is 2.64. The minimum absolute atomic E-state index is 0.00293. The van der Waals surface area contributed by atoms with E-state index in [2.05, 4.69) is 15.8 Å². The number of nitrogens with zero attached hydrogens (tertiary/aromatic N) is 1. The predicted molar refractivity (Wildman–Crippen MR) is 94.6 cm³/mol. The molecule has 26 heavy (non-hydrogen) atoms. The molecule has 8 heteroatoms. The lowest BCUT2D eigenvalue weighted by atomic mass is 10.1. The van der Waals surface area contributed by atoms with Crippen molar-refractivity contribution in [2.24, 2.45) is 11.0 Å². The van der Waals surface area contributed by atoms with Crippen LogP contribution >= 0.6 is 0 Å². The van der Waals surface area contributed by atoms with Crippen LogP contribution in [0, 0.1) is 11.7 Å². The van der Waals surface area contributed by atoms with Gasteiger partial charge in [0, 0.05) is 0 Å². The fourth-order valence-corrected chi connectivity index (χ4v) is 1.96. The Hall–Kier alpha value is -3.42. The molecule has 0 radical (unpaired) electrons. The van der Waals surface area contributed by atoms with Crippen molar-refractivity contribution < 1.29 is 23.8 Å². The molecule has 0 aliphatic rings. The minimum Gasteiger partial charge on any atom is -0.504 e. The van der Waals surface area contributed by atoms with Gasteiger partial charge in [0.25, 0.3) is 5.91 Å². The quantitative estimate of drug-likeness (QED) is 0.418. The molecule has 1 atom stereocenters. The number of ether oxygens (including phenoxy) is 1. The first kappa shape index (κ1) is 18.9. The van der Waals surface area contributed by atoms with Crippen molar-refractivity contribution in [3.8, 4) is 11.5 Å². The Morgan fingerprint density at radius 1 is 1.23 bits per heavy atom. The number of phenolic OH excluding ortho intramolecular Hbond substituents is 1. The monoisotopic (exact) mass is 359 g/mol. The number of amides is 2. The minimum atomic E-state index is -1.08. The van der Waals surface area contributed by atoms with Crippen molar-refractivity contribution in [3.05, 3.63) is 53.8 Å². The Morgan fingerprint density at radius 3 is 2.65 bits per heavy atom. The second-order valence-electron chi connectivity index (χ2n) is 5.36. The molecule has 136 valence electrons. The van der Waals surface area contributed by atoms with Crippen LogP contribution in [-0.4, -0.2) is 30.2 Å². The summed E-state index contributed by atoms with van der Waals surface area (Å²) >= 11 is 0. The molecule has 0 aliphatic carbocycles. The number of methoxy groups -OCH3 is 1. The highest BCUT2D eigenvalue weighted by molar-refractivity contribution is 6.06. The Bertz CT molecular complexity index is 839. The normalized spacial score (nSPS) is 11.8. The number of phenols is 1. The summed E-state index contributed by atoms with van der Waals surface area (Å²) in [6.45, 7) is 1.38. The van der Waals surface area contributed by atoms with E-state index in [1.165, 1.54) is 50.6 Å². The molecule has 0 aromatic heterocycles. The van der Waals surface area contributed by atoms with E-state index in [0.29, 0.717) is 5.56 Å². The lowest BCUT2D eigenvalue weighted by molar-refractivity contribution is -0.131. The number of rotatable bonds is 6. The molecule has 0 spiro atoms. The first-order valence-electron chi connectivity index (χ1n) is 7.67. The maximum atomic E-state index is 13.5. The van der Waals surface area contributed by atoms with Gasteiger partial charge < -0.3 is 15.2 Å². The predicted octanol–water partition coefficient (Wildman–Crippen LogP) is 2.26. The molecule has 2 aromatic carbocycles. The van der Waals surface area contributed by atoms with E-state index in [0.717, 1.165) is 0 Å². The van der Waals surface area contributed by atoms with Crippen molar-refractivity contribution in [3.63, 3.8) is 0 Å². The lowest BCUT2D eigenvalue weighted by Gasteiger charge is -2.11. The van der Waals surface area contributed by atoms with Gasteiger partial charge >= 0.3 is 0 Å². The SMILES string of the molecule is COc1cc(/C=N/NC(=O)C(C)C(=O)Nc2ccccc2F)ccc1O. The van der Waals surface area contributed by atoms with Gasteiger partial charge in [-0.05, 0) is 42.8 Å². The molecule has 2 amide bonds. The third kappa shape index (κ3) is 4.79. The summed E-state index contributed by atoms with van der Waals surface area (Å²) in [5, 5.41) is 15.6. The Morgan fingerprint density at radius 2 is 1.96 bits per heavy atom. The van der Waals surface area contributed by atoms with Gasteiger partial charge in [0.1, 0.15) is 11.7 Å². The summed E-state index contributed by atoms with van der Waals surface area (Å²) in [6, 6.07) is 10.2. The Labute approximate surface area is 149 Å². The summed E-state index contributed by atoms with van der Waals surface area (Å²) in [4.78, 5) is 24.0. The van der Waals surface area contributed by atoms with Gasteiger partial charge in [0.2, 0.25) is 5.91 Å². The largest absolute Gasteiger partial charge is 0.504 e. The van der Waals surface area contributed by atoms with Crippen molar-refractivity contribution in [2.45, 2.75) is 6.92 Å². The van der Waals surface area contributed by atoms with E-state index in [9.17, 15) is 19.1 Å². The molecule has 0 bridgehead atoms. The number of hydrogen-bond donors (Lipinski definition) is 3. The molecule has 0 aliphatic heterocycles. The highest BCUT2D eigenvalue weighted by Crippen LogP contribution is 2.25. The molecule has 3 N–H and O–H groups in total. The first-order chi connectivity index (χ1) is 12.4. The number of benzene rings is 2. The maximum absolute atomic E-state index is 13.5. The summed E-state index contributed by atoms with van der Waals surface area (Å²) in [5.41, 5.74) is 2.81. The van der Waals surface area contributed by atoms with Crippen molar-refractivity contribution >= 4 is 23.7 Å². The van der Waals surface area contributed by atoms with Gasteiger partial charge in [-0.1, -0.05) is 12.1 Å². The van der Waals surface area contributed by atoms with Crippen LogP contribution in [0.4, 0.5) is 10.1 Å². The maximum Gasteiger partial charge on any atom is 0.252 e. The van der Waals surface area contributed by atoms with E-state index in [-0.39, 0.29) is 17.2 Å². The lowest BCUT2D eigenvalue weighted by Crippen LogP contribution is -2.34. The molecule has 0 heterocycles. The number of aromatic hydroxyl groups is 1. The fraction of sp³-hybridized carbons (Fsp3) is 0.167. The fourth-order valence-electron chi connectivity index (χ4n) is 1.96. The third-order valence-corrected chi connectivity index (χ3v) is 3.51. The standard InChI is InChI=1S/C18H18FN3O4/c1-11(17(24)21-14-6-4-3-5-13(14)19)18(25)22-20-10-12-7-8-15(23)16(9-12)26-2/h3-11,23H,1-2H3,(H,21,24)(H,22,25)/b20-10+. The van der Waals surface area contributed by atoms with Crippen molar-refractivity contribution in [1.29, 1.82) is 0 Å². The molecule has 2 aromatic rings. The highest BCUT2D eigenvalue weighted by atomic mass is 19.1. The van der Waals surface area contributed by atoms with Crippen LogP contribution in [0.3, 0.4) is 0 Å². The molecule has 0 saturated heterocycles. The van der Waals surface area contributed by atoms with Gasteiger partial charge in [-0.25, -0.2) is 9.82 Å². The number of hydrazone groups is 1. The summed E-state index contributed by atoms with van der Waals surface area (Å²) in [5.74, 6) is -2.74. The summed E-state index contributed by atoms with van der Waals surface area (Å²) < 4.78 is 18.5. The van der Waals surface area contributed by atoms with Crippen molar-refractivity contribution in [2.75, 3.05) is 12.4 Å². The zero-order valence-electron chi connectivity index (χ0n) is 14.2. The van der Waals surface area contributed by atoms with E-state index in [4.69, 9.17) is 4.74 Å². The second kappa shape index (κ2) is 8.61. The molecular weight excluding hydrogens is 341 g/mol. The number of halogens is 1. The molecular formula is C18H18FN3O4. The van der Waals surface area contributed by atoms with Crippen LogP contribution in [0.2, 0.25) is 0 Å². The second-order valence-corrected chi connectivity index (χ2v) is 5.36. The van der Waals surface area contributed by atoms with E-state index >= 15 is 0 Å². The number of hydrogen-bond acceptors (Lipinski definition) is 5. The summed E-state index contributed by atoms with van der Waals surface area (Å²) in [6.07, 6.45) is 1.33. The highest BCUT2D eigenvalue weighted by Gasteiger charge is 2.22. The number of carbonyl (C=O) groups excluding carboxylic acids is 2. The number of anilines is 1. The number of nitrogens with one attached hydrogen (secondary N) is 2. The van der Waals surface area contributed by atoms with Crippen LogP contribution in [-0.2, 0) is 9.59 Å². The van der Waals surface area contributed by atoms with Gasteiger partial charge in [-0.3, -0.25) is 9.59 Å². The Balaban J connectivity index is 1.94. The molecule has 1 unspecified atom stereocenters. The van der Waals surface area contributed by atoms with Crippen molar-refractivity contribution in [1.82, 2.24) is 5.43 Å². The van der Waals surface area contributed by atoms with Crippen LogP contribution < -0.4 is 15.5 Å². The number of carbonyl (C=O) groups is 2. The molecule has 0 fully saturated rings. The van der Waals surface area contributed by atoms with Gasteiger partial charge in [0.15, 0.2) is 11.5 Å². The third-order valence-electron chi connectivity index (χ3n) is 3.51. The van der Waals surface area contributed by atoms with E-state index in [1.54, 1.807) is 12.1 Å². The molecule has 2 rings (SSSR count). The van der Waals surface area contributed by atoms with E-state index < -0.39 is 23.5 Å². The van der Waals surface area contributed by atoms with Crippen LogP contribution in [0.25, 0.3) is 0 Å². The van der Waals surface area contributed by atoms with Crippen LogP contribution in [0.1, 0.15) is 12.5 Å². The zero-order chi connectivity index (χ0) is 19.1. The Kier molecular flexibility index (Phi) is 6.26. The van der Waals surface area contributed by atoms with Gasteiger partial charge in [-0.2, -0.15) is 5.10 Å². The average molecular weight is 359 g/mol. The summed E-state index contributed by atoms with van der Waals surface area (Å²) in [7, 11) is 1.41. The molecule has 7 nitrogen and oxygen atoms in total. The molecule has 0 saturated carbocycles. The number of para-hydroxylation sites is 1. The van der Waals surface area contributed by atoms with E-state index in [1.807, 2.05) is 0 Å². The topological polar surface area (TPSA) is 100 Å². The van der Waals surface area contributed by atoms with Crippen LogP contribution in [0.5, 0.6) is 11.5 Å². The first-order valence-corrected chi connectivity index (χ1v) is 7.67. The van der Waals surface area contributed by atoms with Crippen LogP contribution in [0.15, 0.2) is 47.6 Å². The van der Waals surface area contributed by atoms with Gasteiger partial charge in [0.05, 0.1) is 19.0 Å². The zero-order valence-corrected chi connectivity index (χ0v) is 14.2.